The van der Waals surface area contributed by atoms with Crippen LogP contribution in [-0.2, 0) is 14.4 Å². The van der Waals surface area contributed by atoms with Crippen LogP contribution in [0.25, 0.3) is 0 Å². The molecule has 0 spiro atoms. The van der Waals surface area contributed by atoms with Crippen LogP contribution < -0.4 is 5.48 Å². The number of hydrogen-bond donors (Lipinski definition) is 1. The van der Waals surface area contributed by atoms with Crippen LogP contribution in [0.2, 0.25) is 0 Å². The first kappa shape index (κ1) is 17.7. The number of nitrogens with one attached hydrogen (secondary N) is 1. The van der Waals surface area contributed by atoms with Crippen LogP contribution in [0, 0.1) is 5.92 Å². The molecule has 0 aromatic rings. The van der Waals surface area contributed by atoms with Crippen LogP contribution in [0.1, 0.15) is 65.2 Å². The Labute approximate surface area is 116 Å². The van der Waals surface area contributed by atoms with E-state index in [9.17, 15) is 9.59 Å². The van der Waals surface area contributed by atoms with Gasteiger partial charge in [0.1, 0.15) is 0 Å². The summed E-state index contributed by atoms with van der Waals surface area (Å²) in [6, 6.07) is 0. The van der Waals surface area contributed by atoms with Gasteiger partial charge in [0.15, 0.2) is 0 Å². The van der Waals surface area contributed by atoms with E-state index in [4.69, 9.17) is 0 Å². The van der Waals surface area contributed by atoms with Gasteiger partial charge in [-0.3, -0.25) is 4.79 Å². The molecule has 0 heterocycles. The largest absolute Gasteiger partial charge is 0.341 e. The molecule has 0 rings (SSSR count). The topological polar surface area (TPSA) is 55.4 Å². The fraction of sp³-hybridized carbons (Fsp3) is 0.733. The molecule has 1 amide bonds. The lowest BCUT2D eigenvalue weighted by molar-refractivity contribution is -0.156. The first-order valence-electron chi connectivity index (χ1n) is 7.18. The van der Waals surface area contributed by atoms with Gasteiger partial charge in [-0.1, -0.05) is 59.0 Å². The van der Waals surface area contributed by atoms with Crippen molar-refractivity contribution >= 4 is 11.9 Å². The number of carbonyl (C=O) groups is 2. The van der Waals surface area contributed by atoms with Gasteiger partial charge >= 0.3 is 5.97 Å². The standard InChI is InChI=1S/C15H27NO3/c1-4-14(17)16-19-15(18)12-10-8-6-5-7-9-11-13(2)3/h4,13H,1,5-12H2,2-3H3,(H,16,17). The fourth-order valence-electron chi connectivity index (χ4n) is 1.73. The highest BCUT2D eigenvalue weighted by Gasteiger charge is 2.04. The van der Waals surface area contributed by atoms with Crippen molar-refractivity contribution in [2.75, 3.05) is 0 Å². The van der Waals surface area contributed by atoms with Gasteiger partial charge in [-0.2, -0.15) is 5.48 Å². The zero-order valence-electron chi connectivity index (χ0n) is 12.2. The van der Waals surface area contributed by atoms with Crippen LogP contribution in [-0.4, -0.2) is 11.9 Å². The first-order valence-corrected chi connectivity index (χ1v) is 7.18. The smallest absolute Gasteiger partial charge is 0.332 e. The number of hydroxylamine groups is 1. The maximum Gasteiger partial charge on any atom is 0.332 e. The molecule has 4 heteroatoms. The maximum absolute atomic E-state index is 11.2. The van der Waals surface area contributed by atoms with E-state index >= 15 is 0 Å². The number of unbranched alkanes of at least 4 members (excludes halogenated alkanes) is 5. The first-order chi connectivity index (χ1) is 9.06. The van der Waals surface area contributed by atoms with Gasteiger partial charge in [-0.25, -0.2) is 4.79 Å². The average molecular weight is 269 g/mol. The second-order valence-electron chi connectivity index (χ2n) is 5.20. The molecule has 1 N–H and O–H groups in total. The summed E-state index contributed by atoms with van der Waals surface area (Å²) in [5.41, 5.74) is 2.00. The second-order valence-corrected chi connectivity index (χ2v) is 5.20. The van der Waals surface area contributed by atoms with E-state index in [2.05, 4.69) is 25.3 Å². The van der Waals surface area contributed by atoms with Crippen molar-refractivity contribution in [1.82, 2.24) is 5.48 Å². The molecule has 0 bridgehead atoms. The Kier molecular flexibility index (Phi) is 10.9. The Morgan fingerprint density at radius 1 is 1.11 bits per heavy atom. The minimum Gasteiger partial charge on any atom is -0.341 e. The molecule has 0 aliphatic heterocycles. The van der Waals surface area contributed by atoms with Crippen molar-refractivity contribution < 1.29 is 14.4 Å². The van der Waals surface area contributed by atoms with Gasteiger partial charge in [0.2, 0.25) is 0 Å². The summed E-state index contributed by atoms with van der Waals surface area (Å²) < 4.78 is 0. The van der Waals surface area contributed by atoms with Gasteiger partial charge in [0.25, 0.3) is 5.91 Å². The van der Waals surface area contributed by atoms with E-state index in [1.807, 2.05) is 5.48 Å². The quantitative estimate of drug-likeness (QED) is 0.375. The molecule has 110 valence electrons. The van der Waals surface area contributed by atoms with Crippen LogP contribution in [0.4, 0.5) is 0 Å². The molecule has 0 saturated heterocycles. The lowest BCUT2D eigenvalue weighted by Crippen LogP contribution is -2.24. The summed E-state index contributed by atoms with van der Waals surface area (Å²) in [5, 5.41) is 0. The summed E-state index contributed by atoms with van der Waals surface area (Å²) in [4.78, 5) is 26.5. The monoisotopic (exact) mass is 269 g/mol. The third kappa shape index (κ3) is 12.9. The Morgan fingerprint density at radius 2 is 1.68 bits per heavy atom. The molecule has 4 nitrogen and oxygen atoms in total. The van der Waals surface area contributed by atoms with Crippen molar-refractivity contribution in [2.24, 2.45) is 5.92 Å². The van der Waals surface area contributed by atoms with E-state index in [1.54, 1.807) is 0 Å². The predicted octanol–water partition coefficient (Wildman–Crippen LogP) is 3.52. The highest BCUT2D eigenvalue weighted by atomic mass is 16.7. The summed E-state index contributed by atoms with van der Waals surface area (Å²) in [5.74, 6) is -0.103. The van der Waals surface area contributed by atoms with Gasteiger partial charge in [0.05, 0.1) is 0 Å². The molecule has 0 aromatic carbocycles. The highest BCUT2D eigenvalue weighted by Crippen LogP contribution is 2.12. The Bertz CT molecular complexity index is 275. The Morgan fingerprint density at radius 3 is 2.26 bits per heavy atom. The summed E-state index contributed by atoms with van der Waals surface area (Å²) in [6.07, 6.45) is 9.52. The van der Waals surface area contributed by atoms with Gasteiger partial charge in [-0.15, -0.1) is 0 Å². The number of amides is 1. The molecule has 0 aromatic heterocycles. The maximum atomic E-state index is 11.2. The molecular weight excluding hydrogens is 242 g/mol. The van der Waals surface area contributed by atoms with E-state index in [0.717, 1.165) is 31.3 Å². The van der Waals surface area contributed by atoms with Crippen LogP contribution >= 0.6 is 0 Å². The van der Waals surface area contributed by atoms with Gasteiger partial charge in [-0.05, 0) is 18.4 Å². The van der Waals surface area contributed by atoms with E-state index in [-0.39, 0.29) is 0 Å². The van der Waals surface area contributed by atoms with E-state index in [1.165, 1.54) is 25.7 Å². The molecule has 0 unspecified atom stereocenters. The van der Waals surface area contributed by atoms with E-state index in [0.29, 0.717) is 6.42 Å². The lowest BCUT2D eigenvalue weighted by atomic mass is 10.0. The zero-order chi connectivity index (χ0) is 14.5. The number of hydrogen-bond acceptors (Lipinski definition) is 3. The Hall–Kier alpha value is -1.32. The summed E-state index contributed by atoms with van der Waals surface area (Å²) in [7, 11) is 0. The minimum absolute atomic E-state index is 0.351. The third-order valence-electron chi connectivity index (χ3n) is 2.86. The number of rotatable bonds is 10. The molecule has 0 aliphatic rings. The number of carbonyl (C=O) groups excluding carboxylic acids is 2. The predicted molar refractivity (Wildman–Crippen MR) is 76.2 cm³/mol. The molecule has 0 aliphatic carbocycles. The molecule has 0 saturated carbocycles. The fourth-order valence-corrected chi connectivity index (χ4v) is 1.73. The van der Waals surface area contributed by atoms with Crippen molar-refractivity contribution in [3.8, 4) is 0 Å². The van der Waals surface area contributed by atoms with Crippen LogP contribution in [0.15, 0.2) is 12.7 Å². The second kappa shape index (κ2) is 11.8. The van der Waals surface area contributed by atoms with Crippen molar-refractivity contribution in [3.05, 3.63) is 12.7 Å². The lowest BCUT2D eigenvalue weighted by Gasteiger charge is -2.05. The molecule has 0 fully saturated rings. The summed E-state index contributed by atoms with van der Waals surface area (Å²) >= 11 is 0. The van der Waals surface area contributed by atoms with Gasteiger partial charge in [0, 0.05) is 6.42 Å². The minimum atomic E-state index is -0.501. The average Bonchev–Trinajstić information content (AvgIpc) is 2.38. The molecule has 0 radical (unpaired) electrons. The Balaban J connectivity index is 3.27. The SMILES string of the molecule is C=CC(=O)NOC(=O)CCCCCCCCC(C)C. The zero-order valence-corrected chi connectivity index (χ0v) is 12.2. The van der Waals surface area contributed by atoms with Crippen molar-refractivity contribution in [1.29, 1.82) is 0 Å². The van der Waals surface area contributed by atoms with E-state index < -0.39 is 11.9 Å². The summed E-state index contributed by atoms with van der Waals surface area (Å²) in [6.45, 7) is 7.75. The third-order valence-corrected chi connectivity index (χ3v) is 2.86. The van der Waals surface area contributed by atoms with Crippen molar-refractivity contribution in [2.45, 2.75) is 65.2 Å². The molecule has 0 atom stereocenters. The van der Waals surface area contributed by atoms with Crippen LogP contribution in [0.3, 0.4) is 0 Å². The molecular formula is C15H27NO3. The van der Waals surface area contributed by atoms with Crippen LogP contribution in [0.5, 0.6) is 0 Å². The normalized spacial score (nSPS) is 10.3. The van der Waals surface area contributed by atoms with Crippen molar-refractivity contribution in [3.63, 3.8) is 0 Å². The molecule has 19 heavy (non-hydrogen) atoms. The van der Waals surface area contributed by atoms with Gasteiger partial charge < -0.3 is 4.84 Å². The highest BCUT2D eigenvalue weighted by molar-refractivity contribution is 5.87.